The van der Waals surface area contributed by atoms with Crippen molar-refractivity contribution >= 4 is 58.3 Å². The van der Waals surface area contributed by atoms with E-state index in [0.29, 0.717) is 47.7 Å². The van der Waals surface area contributed by atoms with Gasteiger partial charge in [0.2, 0.25) is 0 Å². The smallest absolute Gasteiger partial charge is 0.338 e. The molecule has 2 aromatic carbocycles. The van der Waals surface area contributed by atoms with E-state index in [9.17, 15) is 9.59 Å². The quantitative estimate of drug-likeness (QED) is 0.171. The molecule has 40 heavy (non-hydrogen) atoms. The summed E-state index contributed by atoms with van der Waals surface area (Å²) in [5.74, 6) is 0.705. The molecule has 1 aliphatic rings. The second kappa shape index (κ2) is 11.8. The number of carbonyl (C=O) groups excluding carboxylic acids is 1. The van der Waals surface area contributed by atoms with Crippen LogP contribution in [-0.4, -0.2) is 23.4 Å². The van der Waals surface area contributed by atoms with Gasteiger partial charge in [-0.05, 0) is 67.1 Å². The Balaban J connectivity index is 1.61. The van der Waals surface area contributed by atoms with E-state index >= 15 is 0 Å². The number of aromatic nitrogens is 1. The number of benzene rings is 2. The Bertz CT molecular complexity index is 1800. The van der Waals surface area contributed by atoms with Crippen molar-refractivity contribution < 1.29 is 13.9 Å². The molecule has 0 amide bonds. The molecule has 0 aliphatic carbocycles. The molecular weight excluding hydrogens is 587 g/mol. The molecular formula is C30H26Cl2N2O4S2. The lowest BCUT2D eigenvalue weighted by atomic mass is 9.96. The molecule has 5 rings (SSSR count). The van der Waals surface area contributed by atoms with Crippen molar-refractivity contribution in [2.45, 2.75) is 31.7 Å². The number of allylic oxidation sites excluding steroid dienone is 1. The van der Waals surface area contributed by atoms with Gasteiger partial charge in [0.05, 0.1) is 33.5 Å². The van der Waals surface area contributed by atoms with Crippen molar-refractivity contribution in [3.63, 3.8) is 0 Å². The Morgan fingerprint density at radius 2 is 1.93 bits per heavy atom. The zero-order chi connectivity index (χ0) is 28.6. The third kappa shape index (κ3) is 5.72. The van der Waals surface area contributed by atoms with Gasteiger partial charge in [-0.2, -0.15) is 0 Å². The van der Waals surface area contributed by atoms with Crippen LogP contribution in [0.25, 0.3) is 17.4 Å². The van der Waals surface area contributed by atoms with Gasteiger partial charge in [-0.25, -0.2) is 9.79 Å². The number of hydrogen-bond donors (Lipinski definition) is 0. The van der Waals surface area contributed by atoms with Crippen molar-refractivity contribution in [1.82, 2.24) is 4.57 Å². The molecule has 0 saturated heterocycles. The first-order valence-corrected chi connectivity index (χ1v) is 15.3. The normalized spacial score (nSPS) is 15.4. The number of ether oxygens (including phenoxy) is 1. The van der Waals surface area contributed by atoms with E-state index in [4.69, 9.17) is 32.4 Å². The molecule has 10 heteroatoms. The molecule has 1 atom stereocenters. The van der Waals surface area contributed by atoms with Crippen molar-refractivity contribution in [3.05, 3.63) is 107 Å². The third-order valence-corrected chi connectivity index (χ3v) is 8.61. The summed E-state index contributed by atoms with van der Waals surface area (Å²) in [7, 11) is 0. The van der Waals surface area contributed by atoms with Crippen LogP contribution >= 0.6 is 46.3 Å². The zero-order valence-corrected chi connectivity index (χ0v) is 25.4. The van der Waals surface area contributed by atoms with Crippen LogP contribution in [0.5, 0.6) is 0 Å². The van der Waals surface area contributed by atoms with E-state index in [0.717, 1.165) is 10.5 Å². The molecule has 1 aliphatic heterocycles. The van der Waals surface area contributed by atoms with E-state index in [1.165, 1.54) is 11.3 Å². The molecule has 6 nitrogen and oxygen atoms in total. The minimum absolute atomic E-state index is 0.172. The fourth-order valence-corrected chi connectivity index (χ4v) is 6.21. The van der Waals surface area contributed by atoms with Gasteiger partial charge in [-0.15, -0.1) is 11.8 Å². The molecule has 3 heterocycles. The second-order valence-corrected chi connectivity index (χ2v) is 12.4. The molecule has 0 radical (unpaired) electrons. The first-order valence-electron chi connectivity index (χ1n) is 12.5. The van der Waals surface area contributed by atoms with Gasteiger partial charge >= 0.3 is 5.97 Å². The van der Waals surface area contributed by atoms with Crippen molar-refractivity contribution in [3.8, 4) is 11.3 Å². The summed E-state index contributed by atoms with van der Waals surface area (Å²) < 4.78 is 13.6. The van der Waals surface area contributed by atoms with Crippen molar-refractivity contribution in [2.75, 3.05) is 12.9 Å². The molecule has 1 unspecified atom stereocenters. The summed E-state index contributed by atoms with van der Waals surface area (Å²) in [5.41, 5.74) is 2.06. The van der Waals surface area contributed by atoms with Crippen LogP contribution in [0.2, 0.25) is 10.0 Å². The molecule has 206 valence electrons. The summed E-state index contributed by atoms with van der Waals surface area (Å²) >= 11 is 15.3. The molecule has 0 spiro atoms. The first kappa shape index (κ1) is 28.5. The van der Waals surface area contributed by atoms with Gasteiger partial charge in [0, 0.05) is 21.6 Å². The van der Waals surface area contributed by atoms with Crippen molar-refractivity contribution in [1.29, 1.82) is 0 Å². The highest BCUT2D eigenvalue weighted by molar-refractivity contribution is 7.98. The van der Waals surface area contributed by atoms with Gasteiger partial charge in [-0.3, -0.25) is 9.36 Å². The Labute approximate surface area is 249 Å². The van der Waals surface area contributed by atoms with E-state index in [1.54, 1.807) is 59.7 Å². The monoisotopic (exact) mass is 612 g/mol. The maximum absolute atomic E-state index is 13.9. The maximum Gasteiger partial charge on any atom is 0.338 e. The lowest BCUT2D eigenvalue weighted by Crippen LogP contribution is -2.40. The zero-order valence-electron chi connectivity index (χ0n) is 22.2. The van der Waals surface area contributed by atoms with Gasteiger partial charge in [0.25, 0.3) is 5.56 Å². The van der Waals surface area contributed by atoms with E-state index < -0.39 is 12.0 Å². The summed E-state index contributed by atoms with van der Waals surface area (Å²) in [6.07, 6.45) is 3.67. The Kier molecular flexibility index (Phi) is 8.42. The lowest BCUT2D eigenvalue weighted by molar-refractivity contribution is -0.140. The van der Waals surface area contributed by atoms with Crippen LogP contribution in [0.1, 0.15) is 38.1 Å². The number of halogens is 2. The topological polar surface area (TPSA) is 73.8 Å². The maximum atomic E-state index is 13.9. The Morgan fingerprint density at radius 1 is 1.18 bits per heavy atom. The number of thiazole rings is 1. The predicted octanol–water partition coefficient (Wildman–Crippen LogP) is 6.72. The fraction of sp³-hybridized carbons (Fsp3) is 0.233. The average Bonchev–Trinajstić information content (AvgIpc) is 3.52. The molecule has 0 saturated carbocycles. The molecule has 0 fully saturated rings. The number of hydrogen-bond acceptors (Lipinski definition) is 7. The largest absolute Gasteiger partial charge is 0.462 e. The Morgan fingerprint density at radius 3 is 2.62 bits per heavy atom. The van der Waals surface area contributed by atoms with Crippen LogP contribution in [0.15, 0.2) is 85.0 Å². The number of furan rings is 1. The number of nitrogens with zero attached hydrogens (tertiary/aromatic N) is 2. The highest BCUT2D eigenvalue weighted by Gasteiger charge is 2.33. The predicted molar refractivity (Wildman–Crippen MR) is 162 cm³/mol. The lowest BCUT2D eigenvalue weighted by Gasteiger charge is -2.25. The van der Waals surface area contributed by atoms with Gasteiger partial charge in [-0.1, -0.05) is 60.5 Å². The van der Waals surface area contributed by atoms with Crippen LogP contribution in [-0.2, 0) is 9.53 Å². The summed E-state index contributed by atoms with van der Waals surface area (Å²) in [6.45, 7) is 6.00. The SMILES string of the molecule is CSc1ccc(C2C(C(=O)OCC(C)C)=C(C)N=c3sc(=Cc4ccc(-c5cc(Cl)ccc5Cl)o4)c(=O)n32)cc1. The minimum Gasteiger partial charge on any atom is -0.462 e. The Hall–Kier alpha value is -3.04. The number of fused-ring (bicyclic) bond motifs is 1. The van der Waals surface area contributed by atoms with Gasteiger partial charge < -0.3 is 9.15 Å². The average molecular weight is 614 g/mol. The highest BCUT2D eigenvalue weighted by Crippen LogP contribution is 2.33. The van der Waals surface area contributed by atoms with E-state index in [-0.39, 0.29) is 18.1 Å². The summed E-state index contributed by atoms with van der Waals surface area (Å²) in [4.78, 5) is 33.4. The number of carbonyl (C=O) groups is 1. The van der Waals surface area contributed by atoms with Crippen LogP contribution in [0.3, 0.4) is 0 Å². The fourth-order valence-electron chi connectivity index (χ4n) is 4.40. The summed E-state index contributed by atoms with van der Waals surface area (Å²) in [6, 6.07) is 15.9. The van der Waals surface area contributed by atoms with Crippen LogP contribution in [0, 0.1) is 5.92 Å². The standard InChI is InChI=1S/C30H26Cl2N2O4S2/c1-16(2)15-37-29(36)26-17(3)33-30-34(27(26)18-5-9-21(39-4)10-6-18)28(35)25(40-30)14-20-8-12-24(38-20)22-13-19(31)7-11-23(22)32/h5-14,16,27H,15H2,1-4H3. The van der Waals surface area contributed by atoms with Crippen molar-refractivity contribution in [2.24, 2.45) is 10.9 Å². The minimum atomic E-state index is -0.675. The number of rotatable bonds is 7. The van der Waals surface area contributed by atoms with E-state index in [1.807, 2.05) is 44.4 Å². The molecule has 2 aromatic heterocycles. The molecule has 0 N–H and O–H groups in total. The first-order chi connectivity index (χ1) is 19.2. The van der Waals surface area contributed by atoms with E-state index in [2.05, 4.69) is 4.99 Å². The third-order valence-electron chi connectivity index (χ3n) is 6.31. The van der Waals surface area contributed by atoms with Crippen LogP contribution < -0.4 is 14.9 Å². The van der Waals surface area contributed by atoms with Gasteiger partial charge in [0.15, 0.2) is 4.80 Å². The number of thioether (sulfide) groups is 1. The second-order valence-electron chi connectivity index (χ2n) is 9.67. The summed E-state index contributed by atoms with van der Waals surface area (Å²) in [5, 5.41) is 1.04. The molecule has 0 bridgehead atoms. The number of esters is 1. The van der Waals surface area contributed by atoms with Crippen LogP contribution in [0.4, 0.5) is 0 Å². The molecule has 4 aromatic rings. The highest BCUT2D eigenvalue weighted by atomic mass is 35.5. The van der Waals surface area contributed by atoms with Gasteiger partial charge in [0.1, 0.15) is 11.5 Å².